The van der Waals surface area contributed by atoms with Gasteiger partial charge in [-0.25, -0.2) is 4.57 Å². The molecule has 0 spiro atoms. The fraction of sp³-hybridized carbons (Fsp3) is 0.950. The van der Waals surface area contributed by atoms with E-state index in [1.165, 1.54) is 44.9 Å². The minimum Gasteiger partial charge on any atom is -0.374 e. The highest BCUT2D eigenvalue weighted by molar-refractivity contribution is 9.09. The van der Waals surface area contributed by atoms with Gasteiger partial charge < -0.3 is 14.9 Å². The van der Waals surface area contributed by atoms with Crippen LogP contribution in [0.2, 0.25) is 0 Å². The smallest absolute Gasteiger partial charge is 0.374 e. The van der Waals surface area contributed by atoms with Crippen LogP contribution in [0.3, 0.4) is 0 Å². The number of amides is 1. The molecular weight excluding hydrogens is 461 g/mol. The first-order valence-electron chi connectivity index (χ1n) is 11.0. The number of carbonyl (C=O) groups is 1. The summed E-state index contributed by atoms with van der Waals surface area (Å²) in [5.74, 6) is -0.0271. The van der Waals surface area contributed by atoms with Crippen molar-refractivity contribution >= 4 is 29.7 Å². The summed E-state index contributed by atoms with van der Waals surface area (Å²) in [5.41, 5.74) is 0. The Hall–Kier alpha value is 0.0200. The van der Waals surface area contributed by atoms with Crippen LogP contribution in [0.4, 0.5) is 0 Å². The van der Waals surface area contributed by atoms with Gasteiger partial charge in [0.15, 0.2) is 0 Å². The van der Waals surface area contributed by atoms with Crippen molar-refractivity contribution in [3.8, 4) is 0 Å². The highest BCUT2D eigenvalue weighted by Crippen LogP contribution is 2.43. The number of nitrogens with one attached hydrogen (secondary N) is 1. The molecule has 29 heavy (non-hydrogen) atoms. The highest BCUT2D eigenvalue weighted by Gasteiger charge is 2.23. The fourth-order valence-electron chi connectivity index (χ4n) is 2.73. The van der Waals surface area contributed by atoms with E-state index in [1.54, 1.807) is 0 Å². The lowest BCUT2D eigenvalue weighted by Crippen LogP contribution is -2.36. The van der Waals surface area contributed by atoms with E-state index < -0.39 is 13.9 Å². The molecule has 0 bridgehead atoms. The molecule has 0 saturated carbocycles. The summed E-state index contributed by atoms with van der Waals surface area (Å²) in [6, 6.07) is 0. The Kier molecular flexibility index (Phi) is 20.0. The zero-order valence-electron chi connectivity index (χ0n) is 18.2. The molecule has 0 aromatic rings. The fourth-order valence-corrected chi connectivity index (χ4v) is 3.89. The predicted octanol–water partition coefficient (Wildman–Crippen LogP) is 5.35. The van der Waals surface area contributed by atoms with Gasteiger partial charge in [0.1, 0.15) is 0 Å². The van der Waals surface area contributed by atoms with Gasteiger partial charge in [-0.3, -0.25) is 13.8 Å². The van der Waals surface area contributed by atoms with Crippen LogP contribution in [0.5, 0.6) is 0 Å². The second kappa shape index (κ2) is 20.0. The first-order valence-corrected chi connectivity index (χ1v) is 13.6. The number of ether oxygens (including phenoxy) is 1. The zero-order chi connectivity index (χ0) is 21.8. The van der Waals surface area contributed by atoms with E-state index in [-0.39, 0.29) is 25.7 Å². The maximum absolute atomic E-state index is 12.0. The van der Waals surface area contributed by atoms with Crippen molar-refractivity contribution in [1.29, 1.82) is 0 Å². The Balaban J connectivity index is 3.94. The first-order chi connectivity index (χ1) is 13.9. The topological polar surface area (TPSA) is 94.1 Å². The van der Waals surface area contributed by atoms with Crippen LogP contribution in [0.1, 0.15) is 84.5 Å². The molecule has 174 valence electrons. The average molecular weight is 502 g/mol. The Morgan fingerprint density at radius 3 is 2.17 bits per heavy atom. The third-order valence-corrected chi connectivity index (χ3v) is 5.66. The molecule has 7 nitrogen and oxygen atoms in total. The van der Waals surface area contributed by atoms with Gasteiger partial charge in [0, 0.05) is 24.9 Å². The van der Waals surface area contributed by atoms with Crippen LogP contribution < -0.4 is 5.32 Å². The highest BCUT2D eigenvalue weighted by atomic mass is 79.9. The second-order valence-electron chi connectivity index (χ2n) is 7.16. The van der Waals surface area contributed by atoms with Gasteiger partial charge in [-0.1, -0.05) is 81.1 Å². The lowest BCUT2D eigenvalue weighted by atomic mass is 10.1. The molecule has 0 aromatic carbocycles. The van der Waals surface area contributed by atoms with Gasteiger partial charge in [-0.2, -0.15) is 0 Å². The normalized spacial score (nSPS) is 14.5. The van der Waals surface area contributed by atoms with Gasteiger partial charge in [0.05, 0.1) is 19.3 Å². The number of carbonyl (C=O) groups excluding carboxylic acids is 1. The van der Waals surface area contributed by atoms with E-state index in [4.69, 9.17) is 13.8 Å². The van der Waals surface area contributed by atoms with Gasteiger partial charge in [-0.15, -0.1) is 0 Å². The summed E-state index contributed by atoms with van der Waals surface area (Å²) >= 11 is 3.12. The number of hydrogen-bond donors (Lipinski definition) is 2. The van der Waals surface area contributed by atoms with Gasteiger partial charge in [-0.05, 0) is 12.8 Å². The van der Waals surface area contributed by atoms with Gasteiger partial charge >= 0.3 is 7.82 Å². The first kappa shape index (κ1) is 29.0. The SMILES string of the molecule is CCCCCCCCCCCC(=O)NCC(COP(=O)(O)OCCBr)OCCC. The van der Waals surface area contributed by atoms with Crippen molar-refractivity contribution in [2.75, 3.05) is 31.7 Å². The molecule has 0 radical (unpaired) electrons. The molecule has 0 aliphatic rings. The van der Waals surface area contributed by atoms with E-state index >= 15 is 0 Å². The van der Waals surface area contributed by atoms with Crippen LogP contribution in [-0.4, -0.2) is 48.6 Å². The molecule has 0 rings (SSSR count). The summed E-state index contributed by atoms with van der Waals surface area (Å²) in [4.78, 5) is 21.6. The summed E-state index contributed by atoms with van der Waals surface area (Å²) < 4.78 is 27.1. The zero-order valence-corrected chi connectivity index (χ0v) is 20.7. The summed E-state index contributed by atoms with van der Waals surface area (Å²) in [5, 5.41) is 3.27. The lowest BCUT2D eigenvalue weighted by molar-refractivity contribution is -0.122. The monoisotopic (exact) mass is 501 g/mol. The Bertz CT molecular complexity index is 441. The minimum atomic E-state index is -4.10. The molecule has 9 heteroatoms. The van der Waals surface area contributed by atoms with Crippen LogP contribution >= 0.6 is 23.8 Å². The molecule has 2 atom stereocenters. The quantitative estimate of drug-likeness (QED) is 0.125. The van der Waals surface area contributed by atoms with Crippen LogP contribution in [-0.2, 0) is 23.1 Å². The number of halogens is 1. The number of rotatable bonds is 21. The van der Waals surface area contributed by atoms with E-state index in [9.17, 15) is 14.3 Å². The van der Waals surface area contributed by atoms with E-state index in [2.05, 4.69) is 28.2 Å². The molecule has 0 fully saturated rings. The van der Waals surface area contributed by atoms with Crippen molar-refractivity contribution in [3.63, 3.8) is 0 Å². The van der Waals surface area contributed by atoms with Crippen molar-refractivity contribution in [2.24, 2.45) is 0 Å². The maximum Gasteiger partial charge on any atom is 0.472 e. The van der Waals surface area contributed by atoms with Crippen LogP contribution in [0.15, 0.2) is 0 Å². The largest absolute Gasteiger partial charge is 0.472 e. The molecule has 0 aliphatic heterocycles. The van der Waals surface area contributed by atoms with Crippen molar-refractivity contribution in [2.45, 2.75) is 90.6 Å². The number of unbranched alkanes of at least 4 members (excludes halogenated alkanes) is 8. The summed E-state index contributed by atoms with van der Waals surface area (Å²) in [6.45, 7) is 4.88. The second-order valence-corrected chi connectivity index (χ2v) is 9.41. The molecule has 0 aromatic heterocycles. The van der Waals surface area contributed by atoms with E-state index in [0.717, 1.165) is 19.3 Å². The van der Waals surface area contributed by atoms with Crippen LogP contribution in [0, 0.1) is 0 Å². The summed E-state index contributed by atoms with van der Waals surface area (Å²) in [7, 11) is -4.10. The molecule has 0 heterocycles. The van der Waals surface area contributed by atoms with Gasteiger partial charge in [0.25, 0.3) is 0 Å². The molecule has 1 amide bonds. The van der Waals surface area contributed by atoms with E-state index in [1.807, 2.05) is 6.92 Å². The van der Waals surface area contributed by atoms with Crippen molar-refractivity contribution < 1.29 is 28.0 Å². The number of phosphoric ester groups is 1. The Morgan fingerprint density at radius 2 is 1.59 bits per heavy atom. The number of alkyl halides is 1. The van der Waals surface area contributed by atoms with Crippen molar-refractivity contribution in [1.82, 2.24) is 5.32 Å². The number of phosphoric acid groups is 1. The third-order valence-electron chi connectivity index (χ3n) is 4.35. The van der Waals surface area contributed by atoms with E-state index in [0.29, 0.717) is 18.4 Å². The minimum absolute atomic E-state index is 0.0271. The standard InChI is InChI=1S/C20H41BrNO6P/c1-3-5-6-7-8-9-10-11-12-13-20(23)22-17-19(26-15-4-2)18-28-29(24,25)27-16-14-21/h19H,3-18H2,1-2H3,(H,22,23)(H,24,25). The van der Waals surface area contributed by atoms with Crippen LogP contribution in [0.25, 0.3) is 0 Å². The summed E-state index contributed by atoms with van der Waals surface area (Å²) in [6.07, 6.45) is 11.7. The molecular formula is C20H41BrNO6P. The maximum atomic E-state index is 12.0. The molecule has 0 saturated heterocycles. The lowest BCUT2D eigenvalue weighted by Gasteiger charge is -2.20. The average Bonchev–Trinajstić information content (AvgIpc) is 2.70. The van der Waals surface area contributed by atoms with Crippen molar-refractivity contribution in [3.05, 3.63) is 0 Å². The third kappa shape index (κ3) is 19.7. The molecule has 2 unspecified atom stereocenters. The molecule has 0 aliphatic carbocycles. The Labute approximate surface area is 185 Å². The van der Waals surface area contributed by atoms with Gasteiger partial charge in [0.2, 0.25) is 5.91 Å². The molecule has 2 N–H and O–H groups in total. The Morgan fingerprint density at radius 1 is 0.966 bits per heavy atom. The number of hydrogen-bond acceptors (Lipinski definition) is 5. The predicted molar refractivity (Wildman–Crippen MR) is 120 cm³/mol.